The third kappa shape index (κ3) is 5.82. The molecule has 1 amide bonds. The van der Waals surface area contributed by atoms with Gasteiger partial charge in [0.15, 0.2) is 0 Å². The van der Waals surface area contributed by atoms with E-state index in [1.165, 1.54) is 24.3 Å². The third-order valence-electron chi connectivity index (χ3n) is 2.78. The highest BCUT2D eigenvalue weighted by Gasteiger charge is 2.14. The van der Waals surface area contributed by atoms with Crippen molar-refractivity contribution in [3.05, 3.63) is 29.8 Å². The van der Waals surface area contributed by atoms with Crippen molar-refractivity contribution in [3.63, 3.8) is 0 Å². The van der Waals surface area contributed by atoms with Crippen LogP contribution in [0.2, 0.25) is 0 Å². The molecule has 0 saturated carbocycles. The van der Waals surface area contributed by atoms with Crippen molar-refractivity contribution in [1.82, 2.24) is 10.0 Å². The maximum absolute atomic E-state index is 12.0. The van der Waals surface area contributed by atoms with Crippen LogP contribution in [0.15, 0.2) is 29.2 Å². The number of methoxy groups -OCH3 is 1. The molecule has 1 aromatic carbocycles. The van der Waals surface area contributed by atoms with Crippen LogP contribution in [-0.2, 0) is 14.8 Å². The van der Waals surface area contributed by atoms with Crippen LogP contribution in [0.1, 0.15) is 30.1 Å². The van der Waals surface area contributed by atoms with Gasteiger partial charge in [0.05, 0.1) is 4.90 Å². The minimum Gasteiger partial charge on any atom is -0.385 e. The summed E-state index contributed by atoms with van der Waals surface area (Å²) in [6, 6.07) is 5.88. The van der Waals surface area contributed by atoms with E-state index in [0.29, 0.717) is 31.7 Å². The lowest BCUT2D eigenvalue weighted by Crippen LogP contribution is -2.26. The predicted octanol–water partition coefficient (Wildman–Crippen LogP) is 1.14. The highest BCUT2D eigenvalue weighted by molar-refractivity contribution is 7.89. The Balaban J connectivity index is 2.66. The van der Waals surface area contributed by atoms with Crippen LogP contribution in [0.3, 0.4) is 0 Å². The summed E-state index contributed by atoms with van der Waals surface area (Å²) in [4.78, 5) is 11.9. The SMILES string of the molecule is CCCNC(=O)c1ccc(S(=O)(=O)NCCCOC)cc1. The largest absolute Gasteiger partial charge is 0.385 e. The number of ether oxygens (including phenoxy) is 1. The first-order valence-electron chi connectivity index (χ1n) is 6.88. The van der Waals surface area contributed by atoms with E-state index in [-0.39, 0.29) is 10.8 Å². The summed E-state index contributed by atoms with van der Waals surface area (Å²) in [6.07, 6.45) is 1.46. The van der Waals surface area contributed by atoms with E-state index in [2.05, 4.69) is 10.0 Å². The Morgan fingerprint density at radius 2 is 1.86 bits per heavy atom. The maximum Gasteiger partial charge on any atom is 0.251 e. The van der Waals surface area contributed by atoms with Gasteiger partial charge in [0.1, 0.15) is 0 Å². The van der Waals surface area contributed by atoms with Gasteiger partial charge < -0.3 is 10.1 Å². The normalized spacial score (nSPS) is 11.3. The third-order valence-corrected chi connectivity index (χ3v) is 4.26. The lowest BCUT2D eigenvalue weighted by Gasteiger charge is -2.08. The first kappa shape index (κ1) is 17.6. The number of carbonyl (C=O) groups excluding carboxylic acids is 1. The van der Waals surface area contributed by atoms with Gasteiger partial charge in [-0.1, -0.05) is 6.92 Å². The van der Waals surface area contributed by atoms with Crippen LogP contribution >= 0.6 is 0 Å². The van der Waals surface area contributed by atoms with Gasteiger partial charge in [-0.05, 0) is 37.1 Å². The van der Waals surface area contributed by atoms with Gasteiger partial charge in [0, 0.05) is 32.4 Å². The van der Waals surface area contributed by atoms with Gasteiger partial charge in [-0.3, -0.25) is 4.79 Å². The molecule has 0 heterocycles. The fourth-order valence-electron chi connectivity index (χ4n) is 1.63. The van der Waals surface area contributed by atoms with Gasteiger partial charge in [-0.25, -0.2) is 13.1 Å². The predicted molar refractivity (Wildman–Crippen MR) is 80.7 cm³/mol. The van der Waals surface area contributed by atoms with Crippen molar-refractivity contribution in [2.24, 2.45) is 0 Å². The number of amides is 1. The van der Waals surface area contributed by atoms with Crippen LogP contribution in [0.4, 0.5) is 0 Å². The van der Waals surface area contributed by atoms with E-state index in [1.807, 2.05) is 6.92 Å². The summed E-state index contributed by atoms with van der Waals surface area (Å²) in [5.41, 5.74) is 0.446. The summed E-state index contributed by atoms with van der Waals surface area (Å²) >= 11 is 0. The Hall–Kier alpha value is -1.44. The summed E-state index contributed by atoms with van der Waals surface area (Å²) < 4.78 is 31.3. The fraction of sp³-hybridized carbons (Fsp3) is 0.500. The molecule has 0 spiro atoms. The molecule has 0 saturated heterocycles. The van der Waals surface area contributed by atoms with Crippen molar-refractivity contribution in [3.8, 4) is 0 Å². The lowest BCUT2D eigenvalue weighted by atomic mass is 10.2. The molecule has 0 aromatic heterocycles. The molecule has 0 bridgehead atoms. The second-order valence-corrected chi connectivity index (χ2v) is 6.29. The van der Waals surface area contributed by atoms with E-state index in [1.54, 1.807) is 7.11 Å². The monoisotopic (exact) mass is 314 g/mol. The number of carbonyl (C=O) groups is 1. The molecule has 0 radical (unpaired) electrons. The van der Waals surface area contributed by atoms with E-state index < -0.39 is 10.0 Å². The molecule has 1 aromatic rings. The molecule has 0 aliphatic rings. The summed E-state index contributed by atoms with van der Waals surface area (Å²) in [5, 5.41) is 2.74. The fourth-order valence-corrected chi connectivity index (χ4v) is 2.71. The van der Waals surface area contributed by atoms with E-state index in [0.717, 1.165) is 6.42 Å². The first-order valence-corrected chi connectivity index (χ1v) is 8.36. The number of nitrogens with one attached hydrogen (secondary N) is 2. The number of rotatable bonds is 9. The Morgan fingerprint density at radius 3 is 2.43 bits per heavy atom. The number of sulfonamides is 1. The van der Waals surface area contributed by atoms with E-state index in [9.17, 15) is 13.2 Å². The smallest absolute Gasteiger partial charge is 0.251 e. The van der Waals surface area contributed by atoms with Crippen LogP contribution in [0, 0.1) is 0 Å². The summed E-state index contributed by atoms with van der Waals surface area (Å²) in [7, 11) is -1.97. The van der Waals surface area contributed by atoms with E-state index >= 15 is 0 Å². The quantitative estimate of drug-likeness (QED) is 0.670. The summed E-state index contributed by atoms with van der Waals surface area (Å²) in [5.74, 6) is -0.200. The second kappa shape index (κ2) is 8.76. The standard InChI is InChI=1S/C14H22N2O4S/c1-3-9-15-14(17)12-5-7-13(8-6-12)21(18,19)16-10-4-11-20-2/h5-8,16H,3-4,9-11H2,1-2H3,(H,15,17). The molecular weight excluding hydrogens is 292 g/mol. The number of hydrogen-bond acceptors (Lipinski definition) is 4. The van der Waals surface area contributed by atoms with Gasteiger partial charge in [-0.15, -0.1) is 0 Å². The van der Waals surface area contributed by atoms with Crippen LogP contribution in [0.25, 0.3) is 0 Å². The average molecular weight is 314 g/mol. The second-order valence-electron chi connectivity index (χ2n) is 4.52. The Bertz CT molecular complexity index is 541. The zero-order chi connectivity index (χ0) is 15.7. The first-order chi connectivity index (χ1) is 10.0. The Labute approximate surface area is 125 Å². The topological polar surface area (TPSA) is 84.5 Å². The molecule has 2 N–H and O–H groups in total. The van der Waals surface area contributed by atoms with Crippen molar-refractivity contribution in [2.75, 3.05) is 26.8 Å². The molecule has 0 aliphatic heterocycles. The Morgan fingerprint density at radius 1 is 1.19 bits per heavy atom. The van der Waals surface area contributed by atoms with Crippen LogP contribution in [-0.4, -0.2) is 41.1 Å². The molecule has 0 aliphatic carbocycles. The molecule has 0 atom stereocenters. The zero-order valence-corrected chi connectivity index (χ0v) is 13.2. The molecule has 0 fully saturated rings. The van der Waals surface area contributed by atoms with Gasteiger partial charge in [-0.2, -0.15) is 0 Å². The van der Waals surface area contributed by atoms with Crippen molar-refractivity contribution < 1.29 is 17.9 Å². The lowest BCUT2D eigenvalue weighted by molar-refractivity contribution is 0.0953. The minimum absolute atomic E-state index is 0.145. The molecular formula is C14H22N2O4S. The maximum atomic E-state index is 12.0. The summed E-state index contributed by atoms with van der Waals surface area (Å²) in [6.45, 7) is 3.37. The zero-order valence-electron chi connectivity index (χ0n) is 12.4. The van der Waals surface area contributed by atoms with Crippen LogP contribution < -0.4 is 10.0 Å². The number of hydrogen-bond donors (Lipinski definition) is 2. The molecule has 118 valence electrons. The van der Waals surface area contributed by atoms with Crippen molar-refractivity contribution in [2.45, 2.75) is 24.7 Å². The van der Waals surface area contributed by atoms with Crippen LogP contribution in [0.5, 0.6) is 0 Å². The number of benzene rings is 1. The Kier molecular flexibility index (Phi) is 7.35. The molecule has 21 heavy (non-hydrogen) atoms. The van der Waals surface area contributed by atoms with Gasteiger partial charge in [0.2, 0.25) is 10.0 Å². The molecule has 7 heteroatoms. The van der Waals surface area contributed by atoms with Crippen molar-refractivity contribution in [1.29, 1.82) is 0 Å². The molecule has 6 nitrogen and oxygen atoms in total. The highest BCUT2D eigenvalue weighted by atomic mass is 32.2. The average Bonchev–Trinajstić information content (AvgIpc) is 2.49. The molecule has 1 rings (SSSR count). The minimum atomic E-state index is -3.54. The van der Waals surface area contributed by atoms with Gasteiger partial charge >= 0.3 is 0 Å². The highest BCUT2D eigenvalue weighted by Crippen LogP contribution is 2.10. The van der Waals surface area contributed by atoms with Crippen molar-refractivity contribution >= 4 is 15.9 Å². The molecule has 0 unspecified atom stereocenters. The van der Waals surface area contributed by atoms with E-state index in [4.69, 9.17) is 4.74 Å². The van der Waals surface area contributed by atoms with Gasteiger partial charge in [0.25, 0.3) is 5.91 Å².